The van der Waals surface area contributed by atoms with Gasteiger partial charge in [0.15, 0.2) is 0 Å². The van der Waals surface area contributed by atoms with Crippen molar-refractivity contribution < 1.29 is 13.9 Å². The molecule has 1 aromatic heterocycles. The Morgan fingerprint density at radius 3 is 2.29 bits per heavy atom. The number of aromatic nitrogens is 1. The van der Waals surface area contributed by atoms with Crippen molar-refractivity contribution in [3.8, 4) is 17.0 Å². The van der Waals surface area contributed by atoms with Crippen LogP contribution in [0.1, 0.15) is 97.0 Å². The first-order valence-electron chi connectivity index (χ1n) is 13.6. The van der Waals surface area contributed by atoms with E-state index in [1.54, 1.807) is 0 Å². The first-order chi connectivity index (χ1) is 16.6. The van der Waals surface area contributed by atoms with E-state index in [-0.39, 0.29) is 6.10 Å². The molecule has 2 rings (SSSR count). The molecule has 1 heterocycles. The molecule has 2 atom stereocenters. The standard InChI is InChI=1S/C30H46FNO2/c1-4-6-7-8-9-10-11-12-16-26-19-20-29(32-23-26)28-17-13-14-18-30(28)34-24-25(3)33-22-21-27(31)15-5-2/h13-14,17-20,23,25,27H,4-12,15-16,21-22,24H2,1-3H3. The second kappa shape index (κ2) is 17.5. The van der Waals surface area contributed by atoms with Crippen LogP contribution in [0.15, 0.2) is 42.6 Å². The number of para-hydroxylation sites is 1. The molecule has 0 aliphatic heterocycles. The lowest BCUT2D eigenvalue weighted by Gasteiger charge is -2.17. The fraction of sp³-hybridized carbons (Fsp3) is 0.633. The van der Waals surface area contributed by atoms with Gasteiger partial charge in [-0.3, -0.25) is 4.98 Å². The van der Waals surface area contributed by atoms with E-state index < -0.39 is 6.17 Å². The molecule has 0 N–H and O–H groups in total. The van der Waals surface area contributed by atoms with Gasteiger partial charge in [-0.25, -0.2) is 4.39 Å². The highest BCUT2D eigenvalue weighted by Gasteiger charge is 2.11. The molecule has 0 radical (unpaired) electrons. The Hall–Kier alpha value is -1.94. The Labute approximate surface area is 207 Å². The van der Waals surface area contributed by atoms with E-state index in [1.165, 1.54) is 56.9 Å². The average molecular weight is 472 g/mol. The molecule has 0 saturated heterocycles. The molecule has 34 heavy (non-hydrogen) atoms. The van der Waals surface area contributed by atoms with Crippen molar-refractivity contribution in [2.24, 2.45) is 0 Å². The van der Waals surface area contributed by atoms with Crippen LogP contribution in [-0.2, 0) is 11.2 Å². The van der Waals surface area contributed by atoms with E-state index in [1.807, 2.05) is 44.3 Å². The number of alkyl halides is 1. The van der Waals surface area contributed by atoms with E-state index in [2.05, 4.69) is 19.1 Å². The summed E-state index contributed by atoms with van der Waals surface area (Å²) in [7, 11) is 0. The minimum Gasteiger partial charge on any atom is -0.490 e. The van der Waals surface area contributed by atoms with Crippen LogP contribution in [-0.4, -0.2) is 30.5 Å². The van der Waals surface area contributed by atoms with Gasteiger partial charge in [0.1, 0.15) is 18.5 Å². The van der Waals surface area contributed by atoms with Gasteiger partial charge >= 0.3 is 0 Å². The molecule has 0 fully saturated rings. The number of hydrogen-bond donors (Lipinski definition) is 0. The second-order valence-corrected chi connectivity index (χ2v) is 9.44. The van der Waals surface area contributed by atoms with Gasteiger partial charge in [0, 0.05) is 24.8 Å². The van der Waals surface area contributed by atoms with Gasteiger partial charge in [-0.15, -0.1) is 0 Å². The zero-order valence-electron chi connectivity index (χ0n) is 21.7. The van der Waals surface area contributed by atoms with E-state index >= 15 is 0 Å². The topological polar surface area (TPSA) is 31.4 Å². The molecule has 0 bridgehead atoms. The molecule has 0 spiro atoms. The summed E-state index contributed by atoms with van der Waals surface area (Å²) in [6, 6.07) is 12.3. The van der Waals surface area contributed by atoms with E-state index in [0.29, 0.717) is 26.1 Å². The van der Waals surface area contributed by atoms with Crippen LogP contribution < -0.4 is 4.74 Å². The Morgan fingerprint density at radius 2 is 1.59 bits per heavy atom. The Balaban J connectivity index is 1.76. The van der Waals surface area contributed by atoms with Crippen molar-refractivity contribution >= 4 is 0 Å². The highest BCUT2D eigenvalue weighted by atomic mass is 19.1. The van der Waals surface area contributed by atoms with Gasteiger partial charge in [0.2, 0.25) is 0 Å². The molecule has 2 aromatic rings. The number of rotatable bonds is 19. The third-order valence-electron chi connectivity index (χ3n) is 6.22. The molecular weight excluding hydrogens is 425 g/mol. The monoisotopic (exact) mass is 471 g/mol. The Kier molecular flexibility index (Phi) is 14.6. The molecule has 0 aliphatic carbocycles. The van der Waals surface area contributed by atoms with Crippen LogP contribution in [0.5, 0.6) is 5.75 Å². The largest absolute Gasteiger partial charge is 0.490 e. The molecule has 0 amide bonds. The molecule has 190 valence electrons. The van der Waals surface area contributed by atoms with Crippen LogP contribution in [0.25, 0.3) is 11.3 Å². The van der Waals surface area contributed by atoms with E-state index in [0.717, 1.165) is 29.8 Å². The number of unbranched alkanes of at least 4 members (excludes halogenated alkanes) is 7. The fourth-order valence-corrected chi connectivity index (χ4v) is 4.11. The van der Waals surface area contributed by atoms with Crippen molar-refractivity contribution in [1.29, 1.82) is 0 Å². The van der Waals surface area contributed by atoms with Crippen molar-refractivity contribution in [2.45, 2.75) is 110 Å². The highest BCUT2D eigenvalue weighted by molar-refractivity contribution is 5.67. The summed E-state index contributed by atoms with van der Waals surface area (Å²) >= 11 is 0. The summed E-state index contributed by atoms with van der Waals surface area (Å²) < 4.78 is 25.4. The minimum atomic E-state index is -0.775. The zero-order chi connectivity index (χ0) is 24.4. The molecule has 4 heteroatoms. The van der Waals surface area contributed by atoms with Crippen molar-refractivity contribution in [3.63, 3.8) is 0 Å². The minimum absolute atomic E-state index is 0.0936. The summed E-state index contributed by atoms with van der Waals surface area (Å²) in [6.45, 7) is 7.09. The predicted octanol–water partition coefficient (Wildman–Crippen LogP) is 8.74. The molecule has 2 unspecified atom stereocenters. The van der Waals surface area contributed by atoms with E-state index in [9.17, 15) is 4.39 Å². The average Bonchev–Trinajstić information content (AvgIpc) is 2.85. The number of ether oxygens (including phenoxy) is 2. The normalized spacial score (nSPS) is 13.1. The van der Waals surface area contributed by atoms with Crippen LogP contribution in [0, 0.1) is 0 Å². The maximum absolute atomic E-state index is 13.6. The van der Waals surface area contributed by atoms with Gasteiger partial charge in [0.05, 0.1) is 11.8 Å². The van der Waals surface area contributed by atoms with E-state index in [4.69, 9.17) is 14.5 Å². The van der Waals surface area contributed by atoms with Crippen LogP contribution >= 0.6 is 0 Å². The van der Waals surface area contributed by atoms with Gasteiger partial charge in [-0.2, -0.15) is 0 Å². The highest BCUT2D eigenvalue weighted by Crippen LogP contribution is 2.29. The Bertz CT molecular complexity index is 765. The molecular formula is C30H46FNO2. The lowest BCUT2D eigenvalue weighted by atomic mass is 10.0. The molecule has 3 nitrogen and oxygen atoms in total. The first-order valence-corrected chi connectivity index (χ1v) is 13.6. The van der Waals surface area contributed by atoms with Crippen LogP contribution in [0.2, 0.25) is 0 Å². The Morgan fingerprint density at radius 1 is 0.853 bits per heavy atom. The second-order valence-electron chi connectivity index (χ2n) is 9.44. The summed E-state index contributed by atoms with van der Waals surface area (Å²) in [6.07, 6.45) is 14.8. The first kappa shape index (κ1) is 28.3. The molecule has 0 aliphatic rings. The SMILES string of the molecule is CCCCCCCCCCc1ccc(-c2ccccc2OCC(C)OCCC(F)CCC)nc1. The van der Waals surface area contributed by atoms with Gasteiger partial charge in [-0.1, -0.05) is 83.4 Å². The van der Waals surface area contributed by atoms with Gasteiger partial charge in [0.25, 0.3) is 0 Å². The summed E-state index contributed by atoms with van der Waals surface area (Å²) in [5, 5.41) is 0. The van der Waals surface area contributed by atoms with Crippen molar-refractivity contribution in [1.82, 2.24) is 4.98 Å². The molecule has 0 saturated carbocycles. The maximum Gasteiger partial charge on any atom is 0.128 e. The number of pyridine rings is 1. The summed E-state index contributed by atoms with van der Waals surface area (Å²) in [5.41, 5.74) is 3.20. The summed E-state index contributed by atoms with van der Waals surface area (Å²) in [5.74, 6) is 0.802. The van der Waals surface area contributed by atoms with Crippen LogP contribution in [0.3, 0.4) is 0 Å². The number of halogens is 1. The quantitative estimate of drug-likeness (QED) is 0.192. The smallest absolute Gasteiger partial charge is 0.128 e. The fourth-order valence-electron chi connectivity index (χ4n) is 4.11. The number of nitrogens with zero attached hydrogens (tertiary/aromatic N) is 1. The number of benzene rings is 1. The third-order valence-corrected chi connectivity index (χ3v) is 6.22. The van der Waals surface area contributed by atoms with Gasteiger partial charge < -0.3 is 9.47 Å². The maximum atomic E-state index is 13.6. The van der Waals surface area contributed by atoms with Crippen molar-refractivity contribution in [2.75, 3.05) is 13.2 Å². The van der Waals surface area contributed by atoms with Crippen LogP contribution in [0.4, 0.5) is 4.39 Å². The zero-order valence-corrected chi connectivity index (χ0v) is 21.7. The number of aryl methyl sites for hydroxylation is 1. The third kappa shape index (κ3) is 11.5. The number of hydrogen-bond acceptors (Lipinski definition) is 3. The summed E-state index contributed by atoms with van der Waals surface area (Å²) in [4.78, 5) is 4.72. The van der Waals surface area contributed by atoms with Gasteiger partial charge in [-0.05, 0) is 49.9 Å². The lowest BCUT2D eigenvalue weighted by molar-refractivity contribution is 0.0223. The predicted molar refractivity (Wildman–Crippen MR) is 141 cm³/mol. The lowest BCUT2D eigenvalue weighted by Crippen LogP contribution is -2.20. The van der Waals surface area contributed by atoms with Crippen molar-refractivity contribution in [3.05, 3.63) is 48.2 Å². The molecule has 1 aromatic carbocycles.